The highest BCUT2D eigenvalue weighted by molar-refractivity contribution is 6.07. The van der Waals surface area contributed by atoms with Gasteiger partial charge in [-0.25, -0.2) is 0 Å². The second-order valence-corrected chi connectivity index (χ2v) is 3.04. The van der Waals surface area contributed by atoms with Gasteiger partial charge in [-0.2, -0.15) is 0 Å². The molecule has 0 aromatic heterocycles. The molecule has 5 nitrogen and oxygen atoms in total. The van der Waals surface area contributed by atoms with Gasteiger partial charge in [-0.3, -0.25) is 9.59 Å². The molecular weight excluding hydrogens is 196 g/mol. The van der Waals surface area contributed by atoms with Gasteiger partial charge in [0.15, 0.2) is 0 Å². The van der Waals surface area contributed by atoms with Crippen LogP contribution in [-0.4, -0.2) is 23.5 Å². The summed E-state index contributed by atoms with van der Waals surface area (Å²) in [4.78, 5) is 22.2. The Hall–Kier alpha value is -1.88. The van der Waals surface area contributed by atoms with Crippen LogP contribution in [0.1, 0.15) is 26.3 Å². The minimum absolute atomic E-state index is 0.0912. The molecule has 0 radical (unpaired) electrons. The molecule has 80 valence electrons. The number of hydrogen-bond acceptors (Lipinski definition) is 3. The molecule has 0 aliphatic carbocycles. The summed E-state index contributed by atoms with van der Waals surface area (Å²) < 4.78 is 0. The van der Waals surface area contributed by atoms with Crippen molar-refractivity contribution >= 4 is 11.8 Å². The van der Waals surface area contributed by atoms with E-state index in [9.17, 15) is 9.59 Å². The lowest BCUT2D eigenvalue weighted by atomic mass is 9.98. The van der Waals surface area contributed by atoms with Gasteiger partial charge in [-0.05, 0) is 18.1 Å². The van der Waals surface area contributed by atoms with E-state index in [4.69, 9.17) is 16.6 Å². The van der Waals surface area contributed by atoms with Crippen LogP contribution in [0.5, 0.6) is 0 Å². The minimum Gasteiger partial charge on any atom is -0.396 e. The van der Waals surface area contributed by atoms with E-state index >= 15 is 0 Å². The average Bonchev–Trinajstić information content (AvgIpc) is 2.17. The van der Waals surface area contributed by atoms with Gasteiger partial charge in [-0.1, -0.05) is 12.1 Å². The van der Waals surface area contributed by atoms with E-state index < -0.39 is 11.8 Å². The minimum atomic E-state index is -0.715. The Morgan fingerprint density at radius 3 is 2.33 bits per heavy atom. The second-order valence-electron chi connectivity index (χ2n) is 3.04. The molecule has 2 amide bonds. The standard InChI is InChI=1S/C10H12N2O3/c11-9(14)7-3-1-2-6(4-5-13)8(7)10(12)15/h1-3,13H,4-5H2,(H2,11,14)(H2,12,15). The predicted molar refractivity (Wildman–Crippen MR) is 54.3 cm³/mol. The first-order valence-corrected chi connectivity index (χ1v) is 4.40. The largest absolute Gasteiger partial charge is 0.396 e. The number of hydrogen-bond donors (Lipinski definition) is 3. The normalized spacial score (nSPS) is 9.93. The Bertz CT molecular complexity index is 402. The summed E-state index contributed by atoms with van der Waals surface area (Å²) in [6.07, 6.45) is 0.263. The zero-order valence-electron chi connectivity index (χ0n) is 8.06. The van der Waals surface area contributed by atoms with Crippen LogP contribution in [-0.2, 0) is 6.42 Å². The number of carbonyl (C=O) groups excluding carboxylic acids is 2. The molecule has 0 bridgehead atoms. The number of aliphatic hydroxyl groups excluding tert-OH is 1. The summed E-state index contributed by atoms with van der Waals surface area (Å²) in [6, 6.07) is 4.66. The highest BCUT2D eigenvalue weighted by Crippen LogP contribution is 2.14. The van der Waals surface area contributed by atoms with Crippen LogP contribution >= 0.6 is 0 Å². The van der Waals surface area contributed by atoms with E-state index in [-0.39, 0.29) is 24.2 Å². The molecule has 0 aliphatic heterocycles. The molecule has 0 fully saturated rings. The Morgan fingerprint density at radius 2 is 1.87 bits per heavy atom. The van der Waals surface area contributed by atoms with Crippen LogP contribution in [0.2, 0.25) is 0 Å². The van der Waals surface area contributed by atoms with Gasteiger partial charge in [0, 0.05) is 6.61 Å². The molecule has 0 unspecified atom stereocenters. The Labute approximate surface area is 86.7 Å². The zero-order chi connectivity index (χ0) is 11.4. The van der Waals surface area contributed by atoms with Crippen molar-refractivity contribution in [3.63, 3.8) is 0 Å². The van der Waals surface area contributed by atoms with Crippen LogP contribution in [0.4, 0.5) is 0 Å². The van der Waals surface area contributed by atoms with E-state index in [0.29, 0.717) is 5.56 Å². The van der Waals surface area contributed by atoms with E-state index in [2.05, 4.69) is 0 Å². The number of primary amides is 2. The first-order chi connectivity index (χ1) is 7.07. The molecule has 5 N–H and O–H groups in total. The molecule has 0 heterocycles. The Balaban J connectivity index is 3.34. The van der Waals surface area contributed by atoms with Crippen molar-refractivity contribution in [2.75, 3.05) is 6.61 Å². The molecule has 15 heavy (non-hydrogen) atoms. The molecule has 0 aliphatic rings. The Kier molecular flexibility index (Phi) is 3.41. The average molecular weight is 208 g/mol. The maximum atomic E-state index is 11.2. The molecule has 1 aromatic rings. The zero-order valence-corrected chi connectivity index (χ0v) is 8.06. The quantitative estimate of drug-likeness (QED) is 0.616. The van der Waals surface area contributed by atoms with Crippen LogP contribution in [0.3, 0.4) is 0 Å². The van der Waals surface area contributed by atoms with Crippen molar-refractivity contribution in [1.82, 2.24) is 0 Å². The third-order valence-electron chi connectivity index (χ3n) is 2.04. The summed E-state index contributed by atoms with van der Waals surface area (Å²) >= 11 is 0. The van der Waals surface area contributed by atoms with Crippen molar-refractivity contribution in [3.8, 4) is 0 Å². The van der Waals surface area contributed by atoms with Gasteiger partial charge >= 0.3 is 0 Å². The molecular formula is C10H12N2O3. The van der Waals surface area contributed by atoms with Crippen LogP contribution in [0, 0.1) is 0 Å². The summed E-state index contributed by atoms with van der Waals surface area (Å²) in [6.45, 7) is -0.123. The van der Waals surface area contributed by atoms with Crippen molar-refractivity contribution in [2.24, 2.45) is 11.5 Å². The topological polar surface area (TPSA) is 106 Å². The summed E-state index contributed by atoms with van der Waals surface area (Å²) in [5, 5.41) is 8.79. The Morgan fingerprint density at radius 1 is 1.20 bits per heavy atom. The molecule has 0 spiro atoms. The fourth-order valence-corrected chi connectivity index (χ4v) is 1.43. The van der Waals surface area contributed by atoms with Crippen LogP contribution < -0.4 is 11.5 Å². The van der Waals surface area contributed by atoms with Gasteiger partial charge < -0.3 is 16.6 Å². The highest BCUT2D eigenvalue weighted by atomic mass is 16.3. The maximum Gasteiger partial charge on any atom is 0.249 e. The van der Waals surface area contributed by atoms with E-state index in [1.54, 1.807) is 12.1 Å². The summed E-state index contributed by atoms with van der Waals surface area (Å²) in [5.41, 5.74) is 11.0. The van der Waals surface area contributed by atoms with E-state index in [0.717, 1.165) is 0 Å². The van der Waals surface area contributed by atoms with Crippen molar-refractivity contribution in [3.05, 3.63) is 34.9 Å². The third kappa shape index (κ3) is 2.32. The lowest BCUT2D eigenvalue weighted by molar-refractivity contribution is 0.0966. The number of nitrogens with two attached hydrogens (primary N) is 2. The van der Waals surface area contributed by atoms with E-state index in [1.807, 2.05) is 0 Å². The van der Waals surface area contributed by atoms with Gasteiger partial charge in [-0.15, -0.1) is 0 Å². The first-order valence-electron chi connectivity index (χ1n) is 4.40. The van der Waals surface area contributed by atoms with E-state index in [1.165, 1.54) is 6.07 Å². The molecule has 0 saturated heterocycles. The van der Waals surface area contributed by atoms with Crippen LogP contribution in [0.15, 0.2) is 18.2 Å². The van der Waals surface area contributed by atoms with Gasteiger partial charge in [0.05, 0.1) is 11.1 Å². The second kappa shape index (κ2) is 4.56. The number of amides is 2. The summed E-state index contributed by atoms with van der Waals surface area (Å²) in [5.74, 6) is -1.42. The van der Waals surface area contributed by atoms with Gasteiger partial charge in [0.1, 0.15) is 0 Å². The van der Waals surface area contributed by atoms with Crippen molar-refractivity contribution < 1.29 is 14.7 Å². The number of rotatable bonds is 4. The number of benzene rings is 1. The maximum absolute atomic E-state index is 11.2. The molecule has 1 aromatic carbocycles. The molecule has 0 atom stereocenters. The fourth-order valence-electron chi connectivity index (χ4n) is 1.43. The lowest BCUT2D eigenvalue weighted by Gasteiger charge is -2.08. The van der Waals surface area contributed by atoms with Crippen molar-refractivity contribution in [1.29, 1.82) is 0 Å². The first kappa shape index (κ1) is 11.2. The highest BCUT2D eigenvalue weighted by Gasteiger charge is 2.16. The third-order valence-corrected chi connectivity index (χ3v) is 2.04. The lowest BCUT2D eigenvalue weighted by Crippen LogP contribution is -2.22. The molecule has 5 heteroatoms. The molecule has 0 saturated carbocycles. The smallest absolute Gasteiger partial charge is 0.249 e. The summed E-state index contributed by atoms with van der Waals surface area (Å²) in [7, 11) is 0. The number of carbonyl (C=O) groups is 2. The SMILES string of the molecule is NC(=O)c1cccc(CCO)c1C(N)=O. The fraction of sp³-hybridized carbons (Fsp3) is 0.200. The monoisotopic (exact) mass is 208 g/mol. The van der Waals surface area contributed by atoms with Gasteiger partial charge in [0.2, 0.25) is 11.8 Å². The van der Waals surface area contributed by atoms with Crippen molar-refractivity contribution in [2.45, 2.75) is 6.42 Å². The van der Waals surface area contributed by atoms with Gasteiger partial charge in [0.25, 0.3) is 0 Å². The predicted octanol–water partition coefficient (Wildman–Crippen LogP) is -0.581. The molecule has 1 rings (SSSR count). The number of aliphatic hydroxyl groups is 1. The van der Waals surface area contributed by atoms with Crippen LogP contribution in [0.25, 0.3) is 0 Å².